The Kier molecular flexibility index (Phi) is 6.48. The van der Waals surface area contributed by atoms with Crippen molar-refractivity contribution in [2.24, 2.45) is 4.99 Å². The maximum absolute atomic E-state index is 6.22. The van der Waals surface area contributed by atoms with Gasteiger partial charge in [-0.1, -0.05) is 74.3 Å². The third-order valence-electron chi connectivity index (χ3n) is 6.91. The fraction of sp³-hybridized carbons (Fsp3) is 0.345. The summed E-state index contributed by atoms with van der Waals surface area (Å²) in [5, 5.41) is 5.18. The molecule has 0 aliphatic carbocycles. The molecule has 178 valence electrons. The monoisotopic (exact) mass is 494 g/mol. The van der Waals surface area contributed by atoms with Gasteiger partial charge in [-0.25, -0.2) is 0 Å². The lowest BCUT2D eigenvalue weighted by Crippen LogP contribution is -2.50. The van der Waals surface area contributed by atoms with Crippen LogP contribution in [-0.2, 0) is 16.5 Å². The summed E-state index contributed by atoms with van der Waals surface area (Å²) in [6.07, 6.45) is 0. The van der Waals surface area contributed by atoms with Crippen LogP contribution in [0.4, 0.5) is 0 Å². The summed E-state index contributed by atoms with van der Waals surface area (Å²) in [4.78, 5) is 5.33. The van der Waals surface area contributed by atoms with Crippen molar-refractivity contribution in [1.82, 2.24) is 5.32 Å². The minimum Gasteiger partial charge on any atom is -0.493 e. The van der Waals surface area contributed by atoms with Crippen LogP contribution in [-0.4, -0.2) is 12.4 Å². The zero-order valence-electron chi connectivity index (χ0n) is 20.7. The average Bonchev–Trinajstić information content (AvgIpc) is 3.06. The second kappa shape index (κ2) is 8.94. The molecule has 0 bridgehead atoms. The number of halogens is 2. The van der Waals surface area contributed by atoms with E-state index in [1.165, 1.54) is 5.56 Å². The lowest BCUT2D eigenvalue weighted by atomic mass is 9.72. The van der Waals surface area contributed by atoms with E-state index < -0.39 is 11.1 Å². The maximum Gasteiger partial charge on any atom is 0.133 e. The third kappa shape index (κ3) is 4.32. The topological polar surface area (TPSA) is 33.6 Å². The summed E-state index contributed by atoms with van der Waals surface area (Å²) < 4.78 is 6.11. The predicted molar refractivity (Wildman–Crippen MR) is 144 cm³/mol. The largest absolute Gasteiger partial charge is 0.493 e. The van der Waals surface area contributed by atoms with E-state index >= 15 is 0 Å². The van der Waals surface area contributed by atoms with Crippen molar-refractivity contribution in [2.75, 3.05) is 6.61 Å². The van der Waals surface area contributed by atoms with E-state index in [9.17, 15) is 0 Å². The first kappa shape index (κ1) is 24.6. The van der Waals surface area contributed by atoms with Crippen molar-refractivity contribution < 1.29 is 4.74 Å². The minimum atomic E-state index is -0.604. The first-order valence-corrected chi connectivity index (χ1v) is 12.4. The van der Waals surface area contributed by atoms with Crippen molar-refractivity contribution in [3.8, 4) is 5.75 Å². The third-order valence-corrected chi connectivity index (χ3v) is 7.41. The molecule has 3 aromatic carbocycles. The van der Waals surface area contributed by atoms with E-state index in [2.05, 4.69) is 82.4 Å². The van der Waals surface area contributed by atoms with Crippen LogP contribution in [0.2, 0.25) is 10.0 Å². The first-order valence-electron chi connectivity index (χ1n) is 11.7. The van der Waals surface area contributed by atoms with Gasteiger partial charge in [-0.3, -0.25) is 4.99 Å². The van der Waals surface area contributed by atoms with Crippen molar-refractivity contribution in [3.63, 3.8) is 0 Å². The summed E-state index contributed by atoms with van der Waals surface area (Å²) in [6.45, 7) is 13.6. The fourth-order valence-electron chi connectivity index (χ4n) is 4.57. The number of aliphatic imine (C=N–C) groups is 1. The van der Waals surface area contributed by atoms with Crippen LogP contribution in [0.1, 0.15) is 63.8 Å². The molecule has 4 rings (SSSR count). The van der Waals surface area contributed by atoms with Crippen LogP contribution < -0.4 is 10.1 Å². The predicted octanol–water partition coefficient (Wildman–Crippen LogP) is 7.87. The van der Waals surface area contributed by atoms with E-state index in [0.29, 0.717) is 16.7 Å². The van der Waals surface area contributed by atoms with Crippen molar-refractivity contribution in [3.05, 3.63) is 99.0 Å². The zero-order valence-corrected chi connectivity index (χ0v) is 22.2. The number of nitrogens with one attached hydrogen (secondary N) is 1. The molecule has 0 fully saturated rings. The second-order valence-electron chi connectivity index (χ2n) is 10.2. The van der Waals surface area contributed by atoms with Crippen LogP contribution in [0.5, 0.6) is 5.75 Å². The van der Waals surface area contributed by atoms with Gasteiger partial charge < -0.3 is 10.1 Å². The van der Waals surface area contributed by atoms with E-state index in [1.807, 2.05) is 31.2 Å². The average molecular weight is 495 g/mol. The number of benzene rings is 3. The number of ether oxygens (including phenoxy) is 1. The summed E-state index contributed by atoms with van der Waals surface area (Å²) in [5.74, 6) is 1.64. The van der Waals surface area contributed by atoms with Crippen LogP contribution >= 0.6 is 23.2 Å². The lowest BCUT2D eigenvalue weighted by molar-refractivity contribution is 0.268. The van der Waals surface area contributed by atoms with E-state index in [4.69, 9.17) is 32.9 Å². The molecule has 0 aromatic heterocycles. The molecule has 2 atom stereocenters. The maximum atomic E-state index is 6.22. The standard InChI is InChI=1S/C29H32Cl2N2O/c1-7-34-25-18-21(27(2,3)4)12-17-24(25)26-32-28(5,19-8-13-22(30)14-9-19)29(6,33-26)20-10-15-23(31)16-11-20/h8-18H,7H2,1-6H3,(H,32,33)/t28-,29-/m0/s1. The van der Waals surface area contributed by atoms with Gasteiger partial charge in [0, 0.05) is 10.0 Å². The highest BCUT2D eigenvalue weighted by Gasteiger charge is 2.52. The molecule has 1 aliphatic rings. The van der Waals surface area contributed by atoms with Crippen LogP contribution in [0.15, 0.2) is 71.7 Å². The van der Waals surface area contributed by atoms with E-state index in [1.54, 1.807) is 0 Å². The molecule has 1 heterocycles. The number of amidine groups is 1. The first-order chi connectivity index (χ1) is 16.0. The van der Waals surface area contributed by atoms with Gasteiger partial charge in [0.25, 0.3) is 0 Å². The summed E-state index contributed by atoms with van der Waals surface area (Å²) in [5.41, 5.74) is 3.22. The van der Waals surface area contributed by atoms with Crippen LogP contribution in [0.25, 0.3) is 0 Å². The fourth-order valence-corrected chi connectivity index (χ4v) is 4.82. The van der Waals surface area contributed by atoms with Gasteiger partial charge in [0.15, 0.2) is 0 Å². The highest BCUT2D eigenvalue weighted by molar-refractivity contribution is 6.30. The van der Waals surface area contributed by atoms with Crippen LogP contribution in [0.3, 0.4) is 0 Å². The Morgan fingerprint density at radius 3 is 1.94 bits per heavy atom. The molecule has 3 aromatic rings. The van der Waals surface area contributed by atoms with Gasteiger partial charge in [0.2, 0.25) is 0 Å². The van der Waals surface area contributed by atoms with Crippen LogP contribution in [0, 0.1) is 0 Å². The van der Waals surface area contributed by atoms with Crippen molar-refractivity contribution in [1.29, 1.82) is 0 Å². The van der Waals surface area contributed by atoms with Gasteiger partial charge in [-0.15, -0.1) is 0 Å². The van der Waals surface area contributed by atoms with Gasteiger partial charge in [0.1, 0.15) is 17.1 Å². The van der Waals surface area contributed by atoms with Gasteiger partial charge in [0.05, 0.1) is 17.7 Å². The molecule has 0 saturated carbocycles. The molecule has 0 radical (unpaired) electrons. The second-order valence-corrected chi connectivity index (χ2v) is 11.1. The molecule has 1 aliphatic heterocycles. The molecule has 1 N–H and O–H groups in total. The molecule has 34 heavy (non-hydrogen) atoms. The molecule has 5 heteroatoms. The Morgan fingerprint density at radius 1 is 0.853 bits per heavy atom. The van der Waals surface area contributed by atoms with Gasteiger partial charge >= 0.3 is 0 Å². The van der Waals surface area contributed by atoms with E-state index in [0.717, 1.165) is 28.3 Å². The number of nitrogens with zero attached hydrogens (tertiary/aromatic N) is 1. The van der Waals surface area contributed by atoms with Gasteiger partial charge in [-0.05, 0) is 79.3 Å². The molecule has 0 unspecified atom stereocenters. The summed E-state index contributed by atoms with van der Waals surface area (Å²) >= 11 is 12.4. The molecule has 0 saturated heterocycles. The molecular formula is C29H32Cl2N2O. The summed E-state index contributed by atoms with van der Waals surface area (Å²) in [6, 6.07) is 22.3. The molecule has 3 nitrogen and oxygen atoms in total. The normalized spacial score (nSPS) is 22.3. The van der Waals surface area contributed by atoms with Crippen molar-refractivity contribution >= 4 is 29.0 Å². The highest BCUT2D eigenvalue weighted by Crippen LogP contribution is 2.48. The number of hydrogen-bond donors (Lipinski definition) is 1. The summed E-state index contributed by atoms with van der Waals surface area (Å²) in [7, 11) is 0. The van der Waals surface area contributed by atoms with Gasteiger partial charge in [-0.2, -0.15) is 0 Å². The minimum absolute atomic E-state index is 0.0188. The zero-order chi connectivity index (χ0) is 24.7. The Hall–Kier alpha value is -2.49. The smallest absolute Gasteiger partial charge is 0.133 e. The highest BCUT2D eigenvalue weighted by atomic mass is 35.5. The Morgan fingerprint density at radius 2 is 1.41 bits per heavy atom. The molecule has 0 amide bonds. The lowest BCUT2D eigenvalue weighted by Gasteiger charge is -2.40. The number of rotatable bonds is 5. The quantitative estimate of drug-likeness (QED) is 0.391. The Bertz CT molecular complexity index is 1210. The SMILES string of the molecule is CCOc1cc(C(C)(C)C)ccc1C1=N[C@@](C)(c2ccc(Cl)cc2)[C@](C)(c2ccc(Cl)cc2)N1. The Balaban J connectivity index is 1.90. The molecule has 0 spiro atoms. The number of hydrogen-bond acceptors (Lipinski definition) is 3. The van der Waals surface area contributed by atoms with E-state index in [-0.39, 0.29) is 5.41 Å². The van der Waals surface area contributed by atoms with Crippen molar-refractivity contribution in [2.45, 2.75) is 58.0 Å². The Labute approximate surface area is 213 Å². The molecular weight excluding hydrogens is 463 g/mol.